The van der Waals surface area contributed by atoms with Crippen molar-refractivity contribution in [1.29, 1.82) is 0 Å². The van der Waals surface area contributed by atoms with Crippen LogP contribution in [0.2, 0.25) is 5.15 Å². The third-order valence-corrected chi connectivity index (χ3v) is 5.03. The fourth-order valence-corrected chi connectivity index (χ4v) is 4.20. The largest absolute Gasteiger partial charge is 0.465 e. The lowest BCUT2D eigenvalue weighted by molar-refractivity contribution is 0.0167. The number of nitrogens with zero attached hydrogens (tertiary/aromatic N) is 3. The number of piperidine rings is 1. The van der Waals surface area contributed by atoms with Crippen molar-refractivity contribution >= 4 is 23.5 Å². The first-order valence-electron chi connectivity index (χ1n) is 7.11. The van der Waals surface area contributed by atoms with Crippen molar-refractivity contribution in [2.24, 2.45) is 0 Å². The van der Waals surface area contributed by atoms with Gasteiger partial charge in [-0.05, 0) is 51.7 Å². The summed E-state index contributed by atoms with van der Waals surface area (Å²) in [5.41, 5.74) is -0.618. The van der Waals surface area contributed by atoms with E-state index in [1.165, 1.54) is 0 Å². The van der Waals surface area contributed by atoms with Gasteiger partial charge in [-0.25, -0.2) is 4.79 Å². The monoisotopic (exact) mass is 310 g/mol. The van der Waals surface area contributed by atoms with Gasteiger partial charge < -0.3 is 10.4 Å². The van der Waals surface area contributed by atoms with E-state index < -0.39 is 6.09 Å². The maximum Gasteiger partial charge on any atom is 0.408 e. The van der Waals surface area contributed by atoms with Crippen LogP contribution in [0.3, 0.4) is 0 Å². The number of hydrogen-bond acceptors (Lipinski definition) is 4. The highest BCUT2D eigenvalue weighted by molar-refractivity contribution is 6.29. The number of rotatable bonds is 2. The van der Waals surface area contributed by atoms with Crippen LogP contribution in [0.1, 0.15) is 39.5 Å². The van der Waals surface area contributed by atoms with E-state index in [2.05, 4.69) is 15.5 Å². The van der Waals surface area contributed by atoms with Gasteiger partial charge in [0.1, 0.15) is 5.82 Å². The molecule has 2 aliphatic rings. The lowest BCUT2D eigenvalue weighted by atomic mass is 9.82. The van der Waals surface area contributed by atoms with Gasteiger partial charge in [-0.15, -0.1) is 10.2 Å². The second-order valence-corrected chi connectivity index (χ2v) is 6.99. The molecule has 0 radical (unpaired) electrons. The molecule has 1 aromatic rings. The van der Waals surface area contributed by atoms with Crippen LogP contribution >= 0.6 is 11.6 Å². The highest BCUT2D eigenvalue weighted by Crippen LogP contribution is 2.50. The van der Waals surface area contributed by atoms with Crippen molar-refractivity contribution in [2.45, 2.75) is 56.7 Å². The molecule has 0 saturated carbocycles. The zero-order valence-electron chi connectivity index (χ0n) is 12.1. The number of halogens is 1. The Balaban J connectivity index is 1.80. The molecule has 1 amide bonds. The Labute approximate surface area is 128 Å². The number of carbonyl (C=O) groups is 1. The Kier molecular flexibility index (Phi) is 3.24. The summed E-state index contributed by atoms with van der Waals surface area (Å²) in [6.07, 6.45) is 2.54. The van der Waals surface area contributed by atoms with Gasteiger partial charge in [0.15, 0.2) is 5.15 Å². The number of anilines is 1. The summed E-state index contributed by atoms with van der Waals surface area (Å²) in [7, 11) is 0. The van der Waals surface area contributed by atoms with E-state index in [0.717, 1.165) is 25.7 Å². The van der Waals surface area contributed by atoms with Crippen LogP contribution < -0.4 is 5.32 Å². The number of amides is 1. The SMILES string of the molecule is C[C@]12CC[C@](C)(CC(Nc3ccc(Cl)nn3)C1)N2C(=O)O. The molecule has 21 heavy (non-hydrogen) atoms. The molecule has 0 aromatic carbocycles. The van der Waals surface area contributed by atoms with Crippen molar-refractivity contribution in [2.75, 3.05) is 5.32 Å². The molecular formula is C14H19ClN4O2. The third-order valence-electron chi connectivity index (χ3n) is 4.83. The molecule has 1 aromatic heterocycles. The molecule has 2 bridgehead atoms. The Hall–Kier alpha value is -1.56. The number of aromatic nitrogens is 2. The van der Waals surface area contributed by atoms with Crippen LogP contribution in [0, 0.1) is 0 Å². The summed E-state index contributed by atoms with van der Waals surface area (Å²) in [5, 5.41) is 21.1. The molecule has 0 aliphatic carbocycles. The van der Waals surface area contributed by atoms with E-state index >= 15 is 0 Å². The van der Waals surface area contributed by atoms with E-state index in [1.807, 2.05) is 13.8 Å². The van der Waals surface area contributed by atoms with Gasteiger partial charge in [-0.3, -0.25) is 4.90 Å². The average Bonchev–Trinajstić information content (AvgIpc) is 2.56. The highest BCUT2D eigenvalue weighted by Gasteiger charge is 2.57. The summed E-state index contributed by atoms with van der Waals surface area (Å²) >= 11 is 5.74. The van der Waals surface area contributed by atoms with Crippen LogP contribution in [0.4, 0.5) is 10.6 Å². The van der Waals surface area contributed by atoms with E-state index in [1.54, 1.807) is 17.0 Å². The predicted molar refractivity (Wildman–Crippen MR) is 79.6 cm³/mol. The summed E-state index contributed by atoms with van der Waals surface area (Å²) in [5.74, 6) is 0.680. The molecule has 7 heteroatoms. The second-order valence-electron chi connectivity index (χ2n) is 6.60. The summed E-state index contributed by atoms with van der Waals surface area (Å²) in [6, 6.07) is 3.68. The Bertz CT molecular complexity index is 547. The molecular weight excluding hydrogens is 292 g/mol. The molecule has 2 fully saturated rings. The average molecular weight is 311 g/mol. The Morgan fingerprint density at radius 3 is 2.43 bits per heavy atom. The van der Waals surface area contributed by atoms with Crippen molar-refractivity contribution in [1.82, 2.24) is 15.1 Å². The zero-order chi connectivity index (χ0) is 15.3. The van der Waals surface area contributed by atoms with Gasteiger partial charge in [-0.1, -0.05) is 11.6 Å². The Morgan fingerprint density at radius 1 is 1.33 bits per heavy atom. The fourth-order valence-electron chi connectivity index (χ4n) is 4.10. The van der Waals surface area contributed by atoms with Crippen LogP contribution in [0.25, 0.3) is 0 Å². The van der Waals surface area contributed by atoms with Gasteiger partial charge >= 0.3 is 6.09 Å². The fraction of sp³-hybridized carbons (Fsp3) is 0.643. The standard InChI is InChI=1S/C14H19ClN4O2/c1-13-5-6-14(2,19(13)12(20)21)8-9(7-13)16-11-4-3-10(15)17-18-11/h3-4,9H,5-8H2,1-2H3,(H,16,18)(H,20,21)/t9?,13-,14+. The van der Waals surface area contributed by atoms with Gasteiger partial charge in [0, 0.05) is 17.1 Å². The number of carboxylic acid groups (broad SMARTS) is 1. The molecule has 1 unspecified atom stereocenters. The van der Waals surface area contributed by atoms with Crippen molar-refractivity contribution in [3.8, 4) is 0 Å². The third kappa shape index (κ3) is 2.41. The normalized spacial score (nSPS) is 34.8. The summed E-state index contributed by atoms with van der Waals surface area (Å²) in [6.45, 7) is 4.07. The first-order valence-corrected chi connectivity index (χ1v) is 7.49. The summed E-state index contributed by atoms with van der Waals surface area (Å²) in [4.78, 5) is 13.3. The lowest BCUT2D eigenvalue weighted by Crippen LogP contribution is -2.61. The molecule has 114 valence electrons. The van der Waals surface area contributed by atoms with Crippen LogP contribution in [-0.4, -0.2) is 43.4 Å². The van der Waals surface area contributed by atoms with Crippen molar-refractivity contribution < 1.29 is 9.90 Å². The number of nitrogens with one attached hydrogen (secondary N) is 1. The van der Waals surface area contributed by atoms with Crippen molar-refractivity contribution in [3.05, 3.63) is 17.3 Å². The minimum atomic E-state index is -0.817. The van der Waals surface area contributed by atoms with Crippen LogP contribution in [0.15, 0.2) is 12.1 Å². The molecule has 0 spiro atoms. The topological polar surface area (TPSA) is 78.4 Å². The first-order chi connectivity index (χ1) is 9.82. The minimum absolute atomic E-state index is 0.188. The molecule has 3 atom stereocenters. The van der Waals surface area contributed by atoms with Gasteiger partial charge in [0.05, 0.1) is 0 Å². The van der Waals surface area contributed by atoms with Gasteiger partial charge in [0.25, 0.3) is 0 Å². The van der Waals surface area contributed by atoms with Crippen LogP contribution in [0.5, 0.6) is 0 Å². The summed E-state index contributed by atoms with van der Waals surface area (Å²) < 4.78 is 0. The molecule has 2 aliphatic heterocycles. The van der Waals surface area contributed by atoms with Gasteiger partial charge in [-0.2, -0.15) is 0 Å². The lowest BCUT2D eigenvalue weighted by Gasteiger charge is -2.49. The quantitative estimate of drug-likeness (QED) is 0.878. The smallest absolute Gasteiger partial charge is 0.408 e. The predicted octanol–water partition coefficient (Wildman–Crippen LogP) is 3.00. The van der Waals surface area contributed by atoms with E-state index in [0.29, 0.717) is 11.0 Å². The zero-order valence-corrected chi connectivity index (χ0v) is 12.9. The van der Waals surface area contributed by atoms with E-state index in [4.69, 9.17) is 11.6 Å². The number of hydrogen-bond donors (Lipinski definition) is 2. The molecule has 3 rings (SSSR count). The van der Waals surface area contributed by atoms with Crippen molar-refractivity contribution in [3.63, 3.8) is 0 Å². The second kappa shape index (κ2) is 4.73. The molecule has 6 nitrogen and oxygen atoms in total. The first kappa shape index (κ1) is 14.4. The molecule has 3 heterocycles. The molecule has 2 saturated heterocycles. The molecule has 2 N–H and O–H groups in total. The number of fused-ring (bicyclic) bond motifs is 2. The highest BCUT2D eigenvalue weighted by atomic mass is 35.5. The van der Waals surface area contributed by atoms with E-state index in [9.17, 15) is 9.90 Å². The minimum Gasteiger partial charge on any atom is -0.465 e. The van der Waals surface area contributed by atoms with Crippen LogP contribution in [-0.2, 0) is 0 Å². The van der Waals surface area contributed by atoms with Gasteiger partial charge in [0.2, 0.25) is 0 Å². The van der Waals surface area contributed by atoms with E-state index in [-0.39, 0.29) is 17.1 Å². The maximum atomic E-state index is 11.6. The maximum absolute atomic E-state index is 11.6. The Morgan fingerprint density at radius 2 is 1.95 bits per heavy atom.